The molecule has 1 atom stereocenters. The molecule has 1 unspecified atom stereocenters. The molecule has 1 aliphatic heterocycles. The highest BCUT2D eigenvalue weighted by molar-refractivity contribution is 7.21. The van der Waals surface area contributed by atoms with Crippen molar-refractivity contribution in [1.82, 2.24) is 4.90 Å². The van der Waals surface area contributed by atoms with Gasteiger partial charge in [0.15, 0.2) is 6.10 Å². The third-order valence-corrected chi connectivity index (χ3v) is 6.67. The number of hydrogen-bond acceptors (Lipinski definition) is 5. The number of aryl methyl sites for hydroxylation is 1. The average molecular weight is 427 g/mol. The van der Waals surface area contributed by atoms with Crippen LogP contribution in [0, 0.1) is 12.7 Å². The van der Waals surface area contributed by atoms with Crippen LogP contribution in [0.2, 0.25) is 0 Å². The van der Waals surface area contributed by atoms with E-state index in [1.54, 1.807) is 30.9 Å². The third-order valence-electron chi connectivity index (χ3n) is 5.43. The van der Waals surface area contributed by atoms with Crippen LogP contribution in [0.4, 0.5) is 10.1 Å². The van der Waals surface area contributed by atoms with Crippen LogP contribution in [0.25, 0.3) is 10.1 Å². The van der Waals surface area contributed by atoms with E-state index in [9.17, 15) is 14.0 Å². The maximum atomic E-state index is 14.1. The Morgan fingerprint density at radius 1 is 1.03 bits per heavy atom. The lowest BCUT2D eigenvalue weighted by atomic mass is 10.1. The molecule has 0 radical (unpaired) electrons. The fraction of sp³-hybridized carbons (Fsp3) is 0.304. The van der Waals surface area contributed by atoms with E-state index in [4.69, 9.17) is 4.74 Å². The second-order valence-corrected chi connectivity index (χ2v) is 8.42. The van der Waals surface area contributed by atoms with Crippen LogP contribution in [0.5, 0.6) is 0 Å². The van der Waals surface area contributed by atoms with Gasteiger partial charge in [0, 0.05) is 42.0 Å². The molecule has 0 aliphatic carbocycles. The number of carbonyl (C=O) groups excluding carboxylic acids is 2. The maximum absolute atomic E-state index is 14.1. The average Bonchev–Trinajstić information content (AvgIpc) is 3.12. The lowest BCUT2D eigenvalue weighted by Crippen LogP contribution is -2.51. The number of amides is 1. The van der Waals surface area contributed by atoms with Gasteiger partial charge in [0.2, 0.25) is 0 Å². The molecule has 1 amide bonds. The van der Waals surface area contributed by atoms with Crippen molar-refractivity contribution in [2.45, 2.75) is 20.0 Å². The van der Waals surface area contributed by atoms with Crippen molar-refractivity contribution in [2.75, 3.05) is 31.1 Å². The van der Waals surface area contributed by atoms with Crippen molar-refractivity contribution >= 4 is 39.0 Å². The molecule has 1 fully saturated rings. The highest BCUT2D eigenvalue weighted by Crippen LogP contribution is 2.33. The molecule has 7 heteroatoms. The van der Waals surface area contributed by atoms with Crippen LogP contribution in [0.15, 0.2) is 48.5 Å². The molecule has 5 nitrogen and oxygen atoms in total. The number of para-hydroxylation sites is 1. The predicted octanol–water partition coefficient (Wildman–Crippen LogP) is 4.24. The largest absolute Gasteiger partial charge is 0.448 e. The zero-order chi connectivity index (χ0) is 21.3. The topological polar surface area (TPSA) is 49.9 Å². The van der Waals surface area contributed by atoms with Crippen molar-refractivity contribution in [3.8, 4) is 0 Å². The molecule has 1 aromatic heterocycles. The van der Waals surface area contributed by atoms with Crippen molar-refractivity contribution in [2.24, 2.45) is 0 Å². The first kappa shape index (κ1) is 20.3. The van der Waals surface area contributed by atoms with E-state index in [1.165, 1.54) is 17.4 Å². The van der Waals surface area contributed by atoms with Crippen LogP contribution in [0.3, 0.4) is 0 Å². The minimum absolute atomic E-state index is 0.207. The van der Waals surface area contributed by atoms with E-state index in [0.29, 0.717) is 33.6 Å². The smallest absolute Gasteiger partial charge is 0.349 e. The van der Waals surface area contributed by atoms with Crippen LogP contribution < -0.4 is 4.90 Å². The number of fused-ring (bicyclic) bond motifs is 1. The van der Waals surface area contributed by atoms with E-state index in [2.05, 4.69) is 17.0 Å². The van der Waals surface area contributed by atoms with Gasteiger partial charge in [0.25, 0.3) is 5.91 Å². The first-order valence-corrected chi connectivity index (χ1v) is 10.7. The summed E-state index contributed by atoms with van der Waals surface area (Å²) in [5.74, 6) is -1.15. The second-order valence-electron chi connectivity index (χ2n) is 7.36. The maximum Gasteiger partial charge on any atom is 0.349 e. The van der Waals surface area contributed by atoms with E-state index in [0.717, 1.165) is 18.8 Å². The Bertz CT molecular complexity index is 1070. The molecule has 0 saturated carbocycles. The summed E-state index contributed by atoms with van der Waals surface area (Å²) in [6.07, 6.45) is -0.893. The van der Waals surface area contributed by atoms with Crippen LogP contribution >= 0.6 is 11.3 Å². The summed E-state index contributed by atoms with van der Waals surface area (Å²) in [5, 5.41) is 0.436. The standard InChI is InChI=1S/C23H23FN2O3S/c1-15-20-18(24)9-6-10-19(20)30-21(15)23(28)29-16(2)22(27)26-13-11-25(12-14-26)17-7-4-3-5-8-17/h3-10,16H,11-14H2,1-2H3. The van der Waals surface area contributed by atoms with Gasteiger partial charge in [-0.15, -0.1) is 11.3 Å². The van der Waals surface area contributed by atoms with Gasteiger partial charge in [-0.2, -0.15) is 0 Å². The molecule has 1 aliphatic rings. The Hall–Kier alpha value is -2.93. The summed E-state index contributed by atoms with van der Waals surface area (Å²) in [6.45, 7) is 5.89. The number of benzene rings is 2. The molecule has 30 heavy (non-hydrogen) atoms. The number of esters is 1. The number of carbonyl (C=O) groups is 2. The SMILES string of the molecule is Cc1c(C(=O)OC(C)C(=O)N2CCN(c3ccccc3)CC2)sc2cccc(F)c12. The first-order chi connectivity index (χ1) is 14.5. The van der Waals surface area contributed by atoms with Gasteiger partial charge >= 0.3 is 5.97 Å². The number of thiophene rings is 1. The molecular weight excluding hydrogens is 403 g/mol. The summed E-state index contributed by atoms with van der Waals surface area (Å²) in [4.78, 5) is 29.8. The molecule has 3 aromatic rings. The fourth-order valence-corrected chi connectivity index (χ4v) is 4.90. The van der Waals surface area contributed by atoms with Gasteiger partial charge in [0.05, 0.1) is 0 Å². The number of halogens is 1. The molecule has 1 saturated heterocycles. The lowest BCUT2D eigenvalue weighted by Gasteiger charge is -2.37. The van der Waals surface area contributed by atoms with E-state index in [1.807, 2.05) is 18.2 Å². The number of rotatable bonds is 4. The second kappa shape index (κ2) is 8.44. The molecule has 0 bridgehead atoms. The summed E-state index contributed by atoms with van der Waals surface area (Å²) in [7, 11) is 0. The minimum atomic E-state index is -0.893. The van der Waals surface area contributed by atoms with Crippen molar-refractivity contribution in [3.63, 3.8) is 0 Å². The van der Waals surface area contributed by atoms with Crippen LogP contribution in [-0.4, -0.2) is 49.1 Å². The minimum Gasteiger partial charge on any atom is -0.448 e. The van der Waals surface area contributed by atoms with Crippen LogP contribution in [0.1, 0.15) is 22.2 Å². The molecule has 2 aromatic carbocycles. The zero-order valence-electron chi connectivity index (χ0n) is 16.9. The van der Waals surface area contributed by atoms with Gasteiger partial charge in [-0.05, 0) is 43.7 Å². The van der Waals surface area contributed by atoms with Crippen molar-refractivity contribution in [1.29, 1.82) is 0 Å². The highest BCUT2D eigenvalue weighted by Gasteiger charge is 2.29. The van der Waals surface area contributed by atoms with E-state index >= 15 is 0 Å². The van der Waals surface area contributed by atoms with Gasteiger partial charge in [-0.25, -0.2) is 9.18 Å². The molecule has 4 rings (SSSR count). The van der Waals surface area contributed by atoms with Crippen molar-refractivity contribution < 1.29 is 18.7 Å². The summed E-state index contributed by atoms with van der Waals surface area (Å²) in [5.41, 5.74) is 1.69. The summed E-state index contributed by atoms with van der Waals surface area (Å²) < 4.78 is 20.2. The molecule has 156 valence electrons. The lowest BCUT2D eigenvalue weighted by molar-refractivity contribution is -0.140. The Kier molecular flexibility index (Phi) is 5.72. The van der Waals surface area contributed by atoms with Gasteiger partial charge in [0.1, 0.15) is 10.7 Å². The predicted molar refractivity (Wildman–Crippen MR) is 117 cm³/mol. The quantitative estimate of drug-likeness (QED) is 0.586. The summed E-state index contributed by atoms with van der Waals surface area (Å²) >= 11 is 1.19. The monoisotopic (exact) mass is 426 g/mol. The van der Waals surface area contributed by atoms with E-state index in [-0.39, 0.29) is 11.7 Å². The van der Waals surface area contributed by atoms with Crippen LogP contribution in [-0.2, 0) is 9.53 Å². The fourth-order valence-electron chi connectivity index (χ4n) is 3.79. The molecule has 0 spiro atoms. The number of anilines is 1. The Morgan fingerprint density at radius 3 is 2.40 bits per heavy atom. The molecule has 2 heterocycles. The number of ether oxygens (including phenoxy) is 1. The zero-order valence-corrected chi connectivity index (χ0v) is 17.7. The third kappa shape index (κ3) is 3.89. The Labute approximate surface area is 178 Å². The van der Waals surface area contributed by atoms with Gasteiger partial charge in [-0.3, -0.25) is 4.79 Å². The van der Waals surface area contributed by atoms with Crippen molar-refractivity contribution in [3.05, 3.63) is 64.8 Å². The summed E-state index contributed by atoms with van der Waals surface area (Å²) in [6, 6.07) is 14.8. The number of nitrogens with zero attached hydrogens (tertiary/aromatic N) is 2. The van der Waals surface area contributed by atoms with Gasteiger partial charge < -0.3 is 14.5 Å². The van der Waals surface area contributed by atoms with Gasteiger partial charge in [-0.1, -0.05) is 24.3 Å². The molecular formula is C23H23FN2O3S. The number of hydrogen-bond donors (Lipinski definition) is 0. The first-order valence-electron chi connectivity index (χ1n) is 9.93. The highest BCUT2D eigenvalue weighted by atomic mass is 32.1. The Morgan fingerprint density at radius 2 is 1.73 bits per heavy atom. The number of piperazine rings is 1. The molecule has 0 N–H and O–H groups in total. The van der Waals surface area contributed by atoms with E-state index < -0.39 is 12.1 Å². The Balaban J connectivity index is 1.39. The normalized spacial score (nSPS) is 15.3.